The van der Waals surface area contributed by atoms with Crippen molar-refractivity contribution in [1.82, 2.24) is 9.78 Å². The van der Waals surface area contributed by atoms with Gasteiger partial charge in [-0.3, -0.25) is 4.68 Å². The molecule has 0 aliphatic rings. The topological polar surface area (TPSA) is 76.4 Å². The quantitative estimate of drug-likeness (QED) is 0.371. The highest BCUT2D eigenvalue weighted by molar-refractivity contribution is 5.79. The van der Waals surface area contributed by atoms with Crippen LogP contribution in [0.15, 0.2) is 17.4 Å². The van der Waals surface area contributed by atoms with E-state index in [-0.39, 0.29) is 18.3 Å². The number of nitrogens with zero attached hydrogens (tertiary/aromatic N) is 3. The lowest BCUT2D eigenvalue weighted by Gasteiger charge is -2.14. The van der Waals surface area contributed by atoms with Gasteiger partial charge < -0.3 is 10.9 Å². The fourth-order valence-corrected chi connectivity index (χ4v) is 1.40. The minimum atomic E-state index is -4.46. The fourth-order valence-electron chi connectivity index (χ4n) is 1.40. The van der Waals surface area contributed by atoms with Crippen molar-refractivity contribution in [3.05, 3.63) is 18.0 Å². The number of amidine groups is 1. The molecular formula is C9H13F3N4O. The van der Waals surface area contributed by atoms with Gasteiger partial charge in [0.25, 0.3) is 0 Å². The van der Waals surface area contributed by atoms with E-state index in [9.17, 15) is 13.2 Å². The summed E-state index contributed by atoms with van der Waals surface area (Å²) < 4.78 is 38.2. The maximum atomic E-state index is 12.3. The molecule has 0 bridgehead atoms. The molecule has 8 heteroatoms. The first kappa shape index (κ1) is 13.3. The van der Waals surface area contributed by atoms with Crippen molar-refractivity contribution in [3.8, 4) is 0 Å². The molecule has 0 saturated carbocycles. The summed E-state index contributed by atoms with van der Waals surface area (Å²) in [4.78, 5) is 0. The molecule has 3 N–H and O–H groups in total. The van der Waals surface area contributed by atoms with Gasteiger partial charge in [-0.15, -0.1) is 0 Å². The maximum Gasteiger partial charge on any atom is 0.435 e. The van der Waals surface area contributed by atoms with Crippen LogP contribution < -0.4 is 5.73 Å². The average Bonchev–Trinajstić information content (AvgIpc) is 2.74. The number of hydrogen-bond donors (Lipinski definition) is 2. The second kappa shape index (κ2) is 5.07. The van der Waals surface area contributed by atoms with Crippen molar-refractivity contribution >= 4 is 5.84 Å². The molecule has 1 aromatic rings. The zero-order valence-corrected chi connectivity index (χ0v) is 9.15. The molecule has 0 aliphatic heterocycles. The Balaban J connectivity index is 2.87. The highest BCUT2D eigenvalue weighted by Crippen LogP contribution is 2.28. The summed E-state index contributed by atoms with van der Waals surface area (Å²) in [6, 6.07) is 0.538. The molecular weight excluding hydrogens is 237 g/mol. The van der Waals surface area contributed by atoms with Gasteiger partial charge >= 0.3 is 6.18 Å². The predicted molar refractivity (Wildman–Crippen MR) is 54.6 cm³/mol. The van der Waals surface area contributed by atoms with Crippen LogP contribution in [-0.4, -0.2) is 20.8 Å². The van der Waals surface area contributed by atoms with Crippen LogP contribution in [0.25, 0.3) is 0 Å². The van der Waals surface area contributed by atoms with Crippen molar-refractivity contribution in [3.63, 3.8) is 0 Å². The molecule has 0 aliphatic carbocycles. The van der Waals surface area contributed by atoms with E-state index in [4.69, 9.17) is 10.9 Å². The van der Waals surface area contributed by atoms with Crippen LogP contribution in [0.4, 0.5) is 13.2 Å². The van der Waals surface area contributed by atoms with E-state index in [1.165, 1.54) is 10.9 Å². The minimum Gasteiger partial charge on any atom is -0.409 e. The van der Waals surface area contributed by atoms with E-state index in [1.54, 1.807) is 6.92 Å². The summed E-state index contributed by atoms with van der Waals surface area (Å²) in [6.45, 7) is 1.78. The zero-order chi connectivity index (χ0) is 13.1. The van der Waals surface area contributed by atoms with Crippen LogP contribution >= 0.6 is 0 Å². The predicted octanol–water partition coefficient (Wildman–Crippen LogP) is 1.99. The number of nitrogens with two attached hydrogens (primary N) is 1. The van der Waals surface area contributed by atoms with Gasteiger partial charge in [0.2, 0.25) is 0 Å². The van der Waals surface area contributed by atoms with Crippen LogP contribution in [0.2, 0.25) is 0 Å². The molecule has 0 radical (unpaired) electrons. The Labute approximate surface area is 95.7 Å². The minimum absolute atomic E-state index is 0.0408. The van der Waals surface area contributed by atoms with Crippen LogP contribution in [0.1, 0.15) is 31.5 Å². The number of rotatable bonds is 4. The van der Waals surface area contributed by atoms with Gasteiger partial charge in [0.1, 0.15) is 5.84 Å². The maximum absolute atomic E-state index is 12.3. The van der Waals surface area contributed by atoms with E-state index >= 15 is 0 Å². The van der Waals surface area contributed by atoms with Gasteiger partial charge in [0, 0.05) is 12.6 Å². The molecule has 96 valence electrons. The number of alkyl halides is 3. The van der Waals surface area contributed by atoms with Crippen molar-refractivity contribution in [2.45, 2.75) is 32.0 Å². The fraction of sp³-hybridized carbons (Fsp3) is 0.556. The van der Waals surface area contributed by atoms with Crippen molar-refractivity contribution in [2.24, 2.45) is 10.9 Å². The second-order valence-electron chi connectivity index (χ2n) is 3.54. The Morgan fingerprint density at radius 2 is 2.29 bits per heavy atom. The standard InChI is InChI=1S/C9H13F3N4O/c1-2-6(5-8(13)15-17)16-4-3-7(14-16)9(10,11)12/h3-4,6,17H,2,5H2,1H3,(H2,13,15). The van der Waals surface area contributed by atoms with Gasteiger partial charge in [-0.1, -0.05) is 12.1 Å². The molecule has 0 aromatic carbocycles. The average molecular weight is 250 g/mol. The Morgan fingerprint density at radius 1 is 1.65 bits per heavy atom. The largest absolute Gasteiger partial charge is 0.435 e. The molecule has 0 amide bonds. The molecule has 1 atom stereocenters. The summed E-state index contributed by atoms with van der Waals surface area (Å²) in [6.07, 6.45) is -2.55. The van der Waals surface area contributed by atoms with Crippen LogP contribution in [0, 0.1) is 0 Å². The highest BCUT2D eigenvalue weighted by Gasteiger charge is 2.34. The van der Waals surface area contributed by atoms with E-state index in [2.05, 4.69) is 10.3 Å². The van der Waals surface area contributed by atoms with Gasteiger partial charge in [-0.25, -0.2) is 0 Å². The molecule has 0 spiro atoms. The molecule has 0 saturated heterocycles. The molecule has 5 nitrogen and oxygen atoms in total. The number of oxime groups is 1. The summed E-state index contributed by atoms with van der Waals surface area (Å²) in [5.74, 6) is -0.0408. The normalized spacial score (nSPS) is 14.9. The number of aromatic nitrogens is 2. The second-order valence-corrected chi connectivity index (χ2v) is 3.54. The summed E-state index contributed by atoms with van der Waals surface area (Å²) >= 11 is 0. The smallest absolute Gasteiger partial charge is 0.409 e. The lowest BCUT2D eigenvalue weighted by Crippen LogP contribution is -2.20. The van der Waals surface area contributed by atoms with E-state index in [1.807, 2.05) is 0 Å². The zero-order valence-electron chi connectivity index (χ0n) is 9.15. The van der Waals surface area contributed by atoms with Crippen LogP contribution in [0.5, 0.6) is 0 Å². The third kappa shape index (κ3) is 3.36. The van der Waals surface area contributed by atoms with Crippen LogP contribution in [0.3, 0.4) is 0 Å². The monoisotopic (exact) mass is 250 g/mol. The molecule has 1 heterocycles. The summed E-state index contributed by atoms with van der Waals surface area (Å²) in [5, 5.41) is 14.6. The first-order valence-electron chi connectivity index (χ1n) is 4.97. The molecule has 17 heavy (non-hydrogen) atoms. The summed E-state index contributed by atoms with van der Waals surface area (Å²) in [7, 11) is 0. The third-order valence-corrected chi connectivity index (χ3v) is 2.32. The first-order chi connectivity index (χ1) is 7.88. The van der Waals surface area contributed by atoms with Crippen molar-refractivity contribution in [2.75, 3.05) is 0 Å². The lowest BCUT2D eigenvalue weighted by atomic mass is 10.1. The molecule has 1 rings (SSSR count). The van der Waals surface area contributed by atoms with E-state index in [0.29, 0.717) is 6.42 Å². The van der Waals surface area contributed by atoms with Gasteiger partial charge in [-0.05, 0) is 12.5 Å². The van der Waals surface area contributed by atoms with Gasteiger partial charge in [-0.2, -0.15) is 18.3 Å². The lowest BCUT2D eigenvalue weighted by molar-refractivity contribution is -0.141. The van der Waals surface area contributed by atoms with Crippen molar-refractivity contribution in [1.29, 1.82) is 0 Å². The summed E-state index contributed by atoms with van der Waals surface area (Å²) in [5.41, 5.74) is 4.37. The van der Waals surface area contributed by atoms with Gasteiger partial charge in [0.15, 0.2) is 5.69 Å². The molecule has 0 fully saturated rings. The van der Waals surface area contributed by atoms with Crippen molar-refractivity contribution < 1.29 is 18.4 Å². The third-order valence-electron chi connectivity index (χ3n) is 2.32. The first-order valence-corrected chi connectivity index (χ1v) is 4.97. The van der Waals surface area contributed by atoms with Gasteiger partial charge in [0.05, 0.1) is 6.04 Å². The number of hydrogen-bond acceptors (Lipinski definition) is 3. The van der Waals surface area contributed by atoms with E-state index in [0.717, 1.165) is 6.07 Å². The highest BCUT2D eigenvalue weighted by atomic mass is 19.4. The Hall–Kier alpha value is -1.73. The van der Waals surface area contributed by atoms with E-state index < -0.39 is 11.9 Å². The SMILES string of the molecule is CCC(CC(N)=NO)n1ccc(C(F)(F)F)n1. The Morgan fingerprint density at radius 3 is 2.71 bits per heavy atom. The Bertz CT molecular complexity index is 399. The van der Waals surface area contributed by atoms with Crippen LogP contribution in [-0.2, 0) is 6.18 Å². The Kier molecular flexibility index (Phi) is 3.97. The number of halogens is 3. The molecule has 1 unspecified atom stereocenters. The molecule has 1 aromatic heterocycles.